The fourth-order valence-electron chi connectivity index (χ4n) is 5.72. The van der Waals surface area contributed by atoms with E-state index in [1.807, 2.05) is 33.3 Å². The van der Waals surface area contributed by atoms with Crippen LogP contribution >= 0.6 is 19.2 Å². The van der Waals surface area contributed by atoms with Crippen LogP contribution in [0.3, 0.4) is 0 Å². The standard InChI is InChI=1S/C33H37N8O7PS.Y/c1-39(2)21-8-10-23-27(14-21)50-28-15-22(9-11-24(28)38-23)40(3)13-5-7-29(43)35-12-4-6-20-17-41(33-31(20)32(34)36-19-37-33)30-16-25(42)26(48-30)18-47-49(44,45)46;/h8-11,14-15,17,19,25-26,30,42H,5,7,12-13,16,18H2,1-3H3,(H4-,34,35,36,37,43,44,45,46);/p+1. The van der Waals surface area contributed by atoms with Crippen LogP contribution in [0.15, 0.2) is 48.9 Å². The second-order valence-corrected chi connectivity index (χ2v) is 14.5. The van der Waals surface area contributed by atoms with Gasteiger partial charge in [-0.25, -0.2) is 24.1 Å². The van der Waals surface area contributed by atoms with Crippen molar-refractivity contribution >= 4 is 57.8 Å². The number of aliphatic hydroxyl groups excluding tert-OH is 1. The van der Waals surface area contributed by atoms with Crippen LogP contribution in [-0.2, 0) is 51.3 Å². The number of aromatic nitrogens is 4. The number of carbonyl (C=O) groups excluding carboxylic acids is 1. The molecule has 1 saturated heterocycles. The van der Waals surface area contributed by atoms with Gasteiger partial charge in [-0.3, -0.25) is 9.32 Å². The number of ether oxygens (including phenoxy) is 1. The maximum Gasteiger partial charge on any atom is 0.469 e. The number of phosphoric acid groups is 1. The molecular weight excluding hydrogens is 772 g/mol. The van der Waals surface area contributed by atoms with Crippen LogP contribution in [0.5, 0.6) is 0 Å². The van der Waals surface area contributed by atoms with E-state index in [0.717, 1.165) is 31.8 Å². The molecule has 3 aliphatic rings. The second kappa shape index (κ2) is 16.5. The predicted molar refractivity (Wildman–Crippen MR) is 190 cm³/mol. The molecule has 3 aromatic rings. The second-order valence-electron chi connectivity index (χ2n) is 12.1. The van der Waals surface area contributed by atoms with Crippen molar-refractivity contribution in [1.82, 2.24) is 29.4 Å². The first kappa shape index (κ1) is 38.9. The quantitative estimate of drug-likeness (QED) is 0.0595. The van der Waals surface area contributed by atoms with Gasteiger partial charge in [-0.2, -0.15) is 0 Å². The Morgan fingerprint density at radius 1 is 1.25 bits per heavy atom. The molecule has 1 aromatic carbocycles. The minimum absolute atomic E-state index is 0. The Morgan fingerprint density at radius 2 is 2.06 bits per heavy atom. The van der Waals surface area contributed by atoms with E-state index in [9.17, 15) is 14.5 Å². The number of rotatable bonds is 10. The normalized spacial score (nSPS) is 17.3. The molecule has 265 valence electrons. The Balaban J connectivity index is 0.00000504. The van der Waals surface area contributed by atoms with E-state index in [4.69, 9.17) is 25.2 Å². The number of nitrogens with zero attached hydrogens (tertiary/aromatic N) is 6. The van der Waals surface area contributed by atoms with Gasteiger partial charge in [0, 0.05) is 83.2 Å². The van der Waals surface area contributed by atoms with Crippen LogP contribution in [0.25, 0.3) is 31.8 Å². The number of aliphatic hydroxyl groups is 1. The molecule has 6 rings (SSSR count). The molecule has 51 heavy (non-hydrogen) atoms. The van der Waals surface area contributed by atoms with E-state index >= 15 is 0 Å². The number of amides is 1. The molecule has 3 atom stereocenters. The number of hydrogen-bond donors (Lipinski definition) is 5. The van der Waals surface area contributed by atoms with Crippen molar-refractivity contribution in [1.29, 1.82) is 0 Å². The number of nitrogens with one attached hydrogen (secondary N) is 1. The Hall–Kier alpha value is -3.36. The molecule has 1 radical (unpaired) electrons. The van der Waals surface area contributed by atoms with Gasteiger partial charge in [-0.1, -0.05) is 11.8 Å². The molecular formula is C33H38N8O7PSY+. The smallest absolute Gasteiger partial charge is 0.390 e. The molecule has 1 amide bonds. The number of hydrogen-bond acceptors (Lipinski definition) is 11. The van der Waals surface area contributed by atoms with Crippen LogP contribution < -0.4 is 25.9 Å². The monoisotopic (exact) mass is 810 g/mol. The number of phosphoric ester groups is 1. The first-order chi connectivity index (χ1) is 23.9. The van der Waals surface area contributed by atoms with E-state index in [1.165, 1.54) is 6.33 Å². The molecule has 3 unspecified atom stereocenters. The van der Waals surface area contributed by atoms with Gasteiger partial charge in [0.05, 0.1) is 51.0 Å². The van der Waals surface area contributed by atoms with Crippen molar-refractivity contribution in [3.05, 3.63) is 59.8 Å². The van der Waals surface area contributed by atoms with E-state index in [1.54, 1.807) is 22.1 Å². The zero-order valence-corrected chi connectivity index (χ0v) is 32.8. The number of carbonyl (C=O) groups is 1. The minimum atomic E-state index is -4.73. The number of nitrogen functional groups attached to an aromatic ring is 1. The fourth-order valence-corrected chi connectivity index (χ4v) is 7.10. The first-order valence-corrected chi connectivity index (χ1v) is 18.2. The fraction of sp³-hybridized carbons (Fsp3) is 0.364. The first-order valence-electron chi connectivity index (χ1n) is 15.8. The summed E-state index contributed by atoms with van der Waals surface area (Å²) in [6.07, 6.45) is 1.34. The van der Waals surface area contributed by atoms with Crippen molar-refractivity contribution in [2.24, 2.45) is 0 Å². The zero-order chi connectivity index (χ0) is 35.6. The molecule has 1 fully saturated rings. The maximum absolute atomic E-state index is 12.6. The summed E-state index contributed by atoms with van der Waals surface area (Å²) in [4.78, 5) is 47.1. The van der Waals surface area contributed by atoms with Gasteiger partial charge < -0.3 is 40.1 Å². The summed E-state index contributed by atoms with van der Waals surface area (Å²) >= 11 is 1.71. The SMILES string of the molecule is CN(CCCC(=O)NCC#Cc1cn(C2CC(O)C(COP(=O)(O)O)O2)c2ncnc(N)c12)c1ccc2nc3ccc(=[N+](C)C)cc-3sc2c1.[Y]. The third kappa shape index (κ3) is 9.36. The molecule has 2 aromatic heterocycles. The van der Waals surface area contributed by atoms with Crippen LogP contribution in [-0.4, -0.2) is 93.4 Å². The summed E-state index contributed by atoms with van der Waals surface area (Å²) in [5, 5.41) is 14.9. The largest absolute Gasteiger partial charge is 0.469 e. The van der Waals surface area contributed by atoms with Crippen molar-refractivity contribution in [2.45, 2.75) is 37.7 Å². The van der Waals surface area contributed by atoms with Crippen molar-refractivity contribution in [3.8, 4) is 22.4 Å². The van der Waals surface area contributed by atoms with Gasteiger partial charge in [0.25, 0.3) is 0 Å². The summed E-state index contributed by atoms with van der Waals surface area (Å²) in [5.41, 5.74) is 10.0. The van der Waals surface area contributed by atoms with E-state index in [0.29, 0.717) is 36.0 Å². The summed E-state index contributed by atoms with van der Waals surface area (Å²) in [7, 11) is 1.32. The molecule has 0 bridgehead atoms. The summed E-state index contributed by atoms with van der Waals surface area (Å²) in [6.45, 7) is 0.306. The number of benzene rings is 2. The van der Waals surface area contributed by atoms with Crippen LogP contribution in [0.1, 0.15) is 31.1 Å². The van der Waals surface area contributed by atoms with E-state index < -0.39 is 32.9 Å². The van der Waals surface area contributed by atoms with Crippen molar-refractivity contribution < 1.29 is 66.2 Å². The molecule has 2 aliphatic heterocycles. The van der Waals surface area contributed by atoms with Gasteiger partial charge >= 0.3 is 7.82 Å². The summed E-state index contributed by atoms with van der Waals surface area (Å²) in [6, 6.07) is 12.5. The van der Waals surface area contributed by atoms with Gasteiger partial charge in [0.2, 0.25) is 11.3 Å². The Kier molecular flexibility index (Phi) is 12.6. The average Bonchev–Trinajstić information content (AvgIpc) is 3.64. The Labute approximate surface area is 323 Å². The number of fused-ring (bicyclic) bond motifs is 3. The average molecular weight is 811 g/mol. The van der Waals surface area contributed by atoms with E-state index in [2.05, 4.69) is 65.4 Å². The van der Waals surface area contributed by atoms with Crippen molar-refractivity contribution in [2.75, 3.05) is 51.5 Å². The topological polar surface area (TPSA) is 201 Å². The molecule has 4 heterocycles. The van der Waals surface area contributed by atoms with Gasteiger partial charge in [0.1, 0.15) is 44.2 Å². The van der Waals surface area contributed by atoms with Crippen LogP contribution in [0.2, 0.25) is 0 Å². The Morgan fingerprint density at radius 3 is 2.82 bits per heavy atom. The molecule has 0 spiro atoms. The third-order valence-electron chi connectivity index (χ3n) is 8.36. The summed E-state index contributed by atoms with van der Waals surface area (Å²) < 4.78 is 26.3. The number of nitrogens with two attached hydrogens (primary N) is 1. The predicted octanol–water partition coefficient (Wildman–Crippen LogP) is 1.90. The molecule has 15 nitrogen and oxygen atoms in total. The van der Waals surface area contributed by atoms with Gasteiger partial charge in [0.15, 0.2) is 0 Å². The van der Waals surface area contributed by atoms with Crippen molar-refractivity contribution in [3.63, 3.8) is 0 Å². The zero-order valence-electron chi connectivity index (χ0n) is 28.3. The van der Waals surface area contributed by atoms with E-state index in [-0.39, 0.29) is 57.4 Å². The maximum atomic E-state index is 12.6. The summed E-state index contributed by atoms with van der Waals surface area (Å²) in [5.74, 6) is 6.05. The van der Waals surface area contributed by atoms with Crippen LogP contribution in [0, 0.1) is 11.8 Å². The Bertz CT molecular complexity index is 2210. The van der Waals surface area contributed by atoms with Crippen LogP contribution in [0.4, 0.5) is 11.5 Å². The molecule has 1 aliphatic carbocycles. The van der Waals surface area contributed by atoms with Gasteiger partial charge in [-0.05, 0) is 30.7 Å². The van der Waals surface area contributed by atoms with Gasteiger partial charge in [-0.15, -0.1) is 11.3 Å². The molecule has 18 heteroatoms. The minimum Gasteiger partial charge on any atom is -0.390 e. The molecule has 0 saturated carbocycles. The molecule has 6 N–H and O–H groups in total. The number of anilines is 2. The third-order valence-corrected chi connectivity index (χ3v) is 9.94.